The lowest BCUT2D eigenvalue weighted by atomic mass is 9.93. The topological polar surface area (TPSA) is 46.3 Å². The first-order valence-corrected chi connectivity index (χ1v) is 7.36. The van der Waals surface area contributed by atoms with E-state index >= 15 is 0 Å². The largest absolute Gasteiger partial charge is 0.336 e. The van der Waals surface area contributed by atoms with Crippen molar-refractivity contribution >= 4 is 5.91 Å². The van der Waals surface area contributed by atoms with Crippen molar-refractivity contribution in [2.24, 2.45) is 5.73 Å². The summed E-state index contributed by atoms with van der Waals surface area (Å²) in [5, 5.41) is 0. The third-order valence-electron chi connectivity index (χ3n) is 4.05. The molecule has 0 bridgehead atoms. The van der Waals surface area contributed by atoms with E-state index in [-0.39, 0.29) is 5.91 Å². The monoisotopic (exact) mass is 260 g/mol. The zero-order valence-corrected chi connectivity index (χ0v) is 11.8. The highest BCUT2D eigenvalue weighted by atomic mass is 16.2. The molecule has 0 spiro atoms. The summed E-state index contributed by atoms with van der Waals surface area (Å²) in [6.45, 7) is 3.39. The second-order valence-electron chi connectivity index (χ2n) is 5.28. The van der Waals surface area contributed by atoms with Crippen LogP contribution < -0.4 is 5.73 Å². The van der Waals surface area contributed by atoms with E-state index in [0.717, 1.165) is 30.5 Å². The van der Waals surface area contributed by atoms with Gasteiger partial charge in [-0.05, 0) is 37.5 Å². The van der Waals surface area contributed by atoms with Gasteiger partial charge in [0.15, 0.2) is 0 Å². The first kappa shape index (κ1) is 14.1. The highest BCUT2D eigenvalue weighted by molar-refractivity contribution is 5.94. The number of carbonyl (C=O) groups is 1. The first-order chi connectivity index (χ1) is 9.26. The normalized spacial score (nSPS) is 16.3. The average molecular weight is 260 g/mol. The van der Waals surface area contributed by atoms with E-state index < -0.39 is 0 Å². The van der Waals surface area contributed by atoms with Crippen LogP contribution in [-0.4, -0.2) is 23.4 Å². The molecule has 19 heavy (non-hydrogen) atoms. The Balaban J connectivity index is 2.10. The molecule has 1 aliphatic rings. The fourth-order valence-electron chi connectivity index (χ4n) is 2.91. The lowest BCUT2D eigenvalue weighted by Crippen LogP contribution is -2.41. The molecule has 0 saturated heterocycles. The summed E-state index contributed by atoms with van der Waals surface area (Å²) in [4.78, 5) is 14.6. The number of hydrogen-bond acceptors (Lipinski definition) is 2. The van der Waals surface area contributed by atoms with Crippen molar-refractivity contribution in [3.05, 3.63) is 35.4 Å². The number of benzene rings is 1. The first-order valence-electron chi connectivity index (χ1n) is 7.36. The number of amides is 1. The maximum absolute atomic E-state index is 12.6. The standard InChI is InChI=1S/C16H24N2O/c1-2-18(15-6-4-3-5-7-15)16(19)14-10-8-13(12-17)9-11-14/h8-11,15H,2-7,12,17H2,1H3. The molecule has 2 rings (SSSR count). The van der Waals surface area contributed by atoms with Crippen LogP contribution >= 0.6 is 0 Å². The lowest BCUT2D eigenvalue weighted by Gasteiger charge is -2.33. The molecule has 0 heterocycles. The third-order valence-corrected chi connectivity index (χ3v) is 4.05. The van der Waals surface area contributed by atoms with Crippen LogP contribution in [0.5, 0.6) is 0 Å². The molecule has 3 heteroatoms. The average Bonchev–Trinajstić information content (AvgIpc) is 2.49. The van der Waals surface area contributed by atoms with Crippen molar-refractivity contribution in [3.63, 3.8) is 0 Å². The molecule has 3 nitrogen and oxygen atoms in total. The van der Waals surface area contributed by atoms with Gasteiger partial charge < -0.3 is 10.6 Å². The van der Waals surface area contributed by atoms with Crippen LogP contribution in [0, 0.1) is 0 Å². The fourth-order valence-corrected chi connectivity index (χ4v) is 2.91. The molecule has 1 aromatic rings. The molecule has 1 amide bonds. The Morgan fingerprint density at radius 2 is 1.84 bits per heavy atom. The van der Waals surface area contributed by atoms with Crippen LogP contribution in [0.15, 0.2) is 24.3 Å². The lowest BCUT2D eigenvalue weighted by molar-refractivity contribution is 0.0648. The van der Waals surface area contributed by atoms with Gasteiger partial charge in [-0.1, -0.05) is 31.4 Å². The van der Waals surface area contributed by atoms with E-state index in [1.54, 1.807) is 0 Å². The summed E-state index contributed by atoms with van der Waals surface area (Å²) in [6.07, 6.45) is 6.12. The summed E-state index contributed by atoms with van der Waals surface area (Å²) >= 11 is 0. The van der Waals surface area contributed by atoms with Crippen LogP contribution in [0.1, 0.15) is 54.9 Å². The van der Waals surface area contributed by atoms with Gasteiger partial charge >= 0.3 is 0 Å². The fraction of sp³-hybridized carbons (Fsp3) is 0.562. The Labute approximate surface area is 115 Å². The van der Waals surface area contributed by atoms with Gasteiger partial charge in [0.2, 0.25) is 0 Å². The molecular weight excluding hydrogens is 236 g/mol. The quantitative estimate of drug-likeness (QED) is 0.904. The van der Waals surface area contributed by atoms with E-state index in [0.29, 0.717) is 12.6 Å². The van der Waals surface area contributed by atoms with E-state index in [9.17, 15) is 4.79 Å². The Morgan fingerprint density at radius 3 is 2.37 bits per heavy atom. The van der Waals surface area contributed by atoms with Crippen LogP contribution in [0.4, 0.5) is 0 Å². The second-order valence-corrected chi connectivity index (χ2v) is 5.28. The molecule has 0 atom stereocenters. The van der Waals surface area contributed by atoms with Crippen molar-refractivity contribution in [1.29, 1.82) is 0 Å². The number of rotatable bonds is 4. The van der Waals surface area contributed by atoms with Gasteiger partial charge in [0.1, 0.15) is 0 Å². The maximum atomic E-state index is 12.6. The highest BCUT2D eigenvalue weighted by Crippen LogP contribution is 2.24. The van der Waals surface area contributed by atoms with Gasteiger partial charge in [0, 0.05) is 24.7 Å². The Hall–Kier alpha value is -1.35. The zero-order chi connectivity index (χ0) is 13.7. The number of nitrogens with two attached hydrogens (primary N) is 1. The van der Waals surface area contributed by atoms with E-state index in [1.165, 1.54) is 19.3 Å². The molecule has 1 fully saturated rings. The van der Waals surface area contributed by atoms with Gasteiger partial charge in [-0.15, -0.1) is 0 Å². The van der Waals surface area contributed by atoms with Crippen LogP contribution in [0.3, 0.4) is 0 Å². The van der Waals surface area contributed by atoms with Crippen LogP contribution in [-0.2, 0) is 6.54 Å². The predicted molar refractivity (Wildman–Crippen MR) is 77.9 cm³/mol. The SMILES string of the molecule is CCN(C(=O)c1ccc(CN)cc1)C1CCCCC1. The minimum absolute atomic E-state index is 0.165. The Bertz CT molecular complexity index is 407. The highest BCUT2D eigenvalue weighted by Gasteiger charge is 2.24. The number of carbonyl (C=O) groups excluding carboxylic acids is 1. The van der Waals surface area contributed by atoms with Gasteiger partial charge in [0.05, 0.1) is 0 Å². The van der Waals surface area contributed by atoms with Crippen LogP contribution in [0.2, 0.25) is 0 Å². The maximum Gasteiger partial charge on any atom is 0.254 e. The number of hydrogen-bond donors (Lipinski definition) is 1. The van der Waals surface area contributed by atoms with Crippen molar-refractivity contribution < 1.29 is 4.79 Å². The summed E-state index contributed by atoms with van der Waals surface area (Å²) in [5.74, 6) is 0.165. The van der Waals surface area contributed by atoms with Crippen molar-refractivity contribution in [1.82, 2.24) is 4.90 Å². The van der Waals surface area contributed by atoms with Gasteiger partial charge in [0.25, 0.3) is 5.91 Å². The third kappa shape index (κ3) is 3.35. The summed E-state index contributed by atoms with van der Waals surface area (Å²) in [7, 11) is 0. The van der Waals surface area contributed by atoms with Crippen molar-refractivity contribution in [3.8, 4) is 0 Å². The molecular formula is C16H24N2O. The van der Waals surface area contributed by atoms with Crippen LogP contribution in [0.25, 0.3) is 0 Å². The minimum Gasteiger partial charge on any atom is -0.336 e. The van der Waals surface area contributed by atoms with Crippen molar-refractivity contribution in [2.75, 3.05) is 6.54 Å². The van der Waals surface area contributed by atoms with E-state index in [1.807, 2.05) is 29.2 Å². The molecule has 1 saturated carbocycles. The molecule has 2 N–H and O–H groups in total. The molecule has 0 unspecified atom stereocenters. The van der Waals surface area contributed by atoms with E-state index in [4.69, 9.17) is 5.73 Å². The molecule has 104 valence electrons. The summed E-state index contributed by atoms with van der Waals surface area (Å²) in [6, 6.07) is 8.12. The number of nitrogens with zero attached hydrogens (tertiary/aromatic N) is 1. The summed E-state index contributed by atoms with van der Waals surface area (Å²) in [5.41, 5.74) is 7.43. The Morgan fingerprint density at radius 1 is 1.21 bits per heavy atom. The molecule has 1 aliphatic carbocycles. The Kier molecular flexibility index (Phi) is 4.97. The second kappa shape index (κ2) is 6.71. The molecule has 0 aromatic heterocycles. The van der Waals surface area contributed by atoms with Crippen molar-refractivity contribution in [2.45, 2.75) is 51.6 Å². The minimum atomic E-state index is 0.165. The van der Waals surface area contributed by atoms with Gasteiger partial charge in [-0.25, -0.2) is 0 Å². The zero-order valence-electron chi connectivity index (χ0n) is 11.8. The summed E-state index contributed by atoms with van der Waals surface area (Å²) < 4.78 is 0. The van der Waals surface area contributed by atoms with Gasteiger partial charge in [-0.3, -0.25) is 4.79 Å². The molecule has 1 aromatic carbocycles. The van der Waals surface area contributed by atoms with Gasteiger partial charge in [-0.2, -0.15) is 0 Å². The smallest absolute Gasteiger partial charge is 0.254 e. The predicted octanol–water partition coefficient (Wildman–Crippen LogP) is 2.94. The van der Waals surface area contributed by atoms with E-state index in [2.05, 4.69) is 6.92 Å². The molecule has 0 aliphatic heterocycles. The molecule has 0 radical (unpaired) electrons.